The molecule has 3 rings (SSSR count). The van der Waals surface area contributed by atoms with Crippen molar-refractivity contribution in [2.24, 2.45) is 0 Å². The molecule has 2 N–H and O–H groups in total. The van der Waals surface area contributed by atoms with E-state index in [0.29, 0.717) is 31.0 Å². The molecular weight excluding hydrogens is 417 g/mol. The molecule has 0 spiro atoms. The highest BCUT2D eigenvalue weighted by Crippen LogP contribution is 2.22. The van der Waals surface area contributed by atoms with Gasteiger partial charge in [-0.2, -0.15) is 0 Å². The molecule has 0 aromatic heterocycles. The van der Waals surface area contributed by atoms with Gasteiger partial charge in [0, 0.05) is 57.0 Å². The van der Waals surface area contributed by atoms with Crippen LogP contribution < -0.4 is 10.6 Å². The third-order valence-corrected chi connectivity index (χ3v) is 5.32. The Labute approximate surface area is 185 Å². The number of nitrogens with zero attached hydrogens (tertiary/aromatic N) is 3. The predicted octanol–water partition coefficient (Wildman–Crippen LogP) is 2.63. The van der Waals surface area contributed by atoms with E-state index in [1.54, 1.807) is 13.0 Å². The molecule has 1 fully saturated rings. The second kappa shape index (κ2) is 10.8. The minimum absolute atomic E-state index is 0.0644. The van der Waals surface area contributed by atoms with E-state index >= 15 is 0 Å². The lowest BCUT2D eigenvalue weighted by Gasteiger charge is -2.34. The van der Waals surface area contributed by atoms with Crippen LogP contribution in [0.5, 0.6) is 0 Å². The molecule has 0 unspecified atom stereocenters. The summed E-state index contributed by atoms with van der Waals surface area (Å²) >= 11 is 0. The number of carbonyl (C=O) groups is 2. The molecule has 1 aliphatic rings. The molecule has 170 valence electrons. The third-order valence-electron chi connectivity index (χ3n) is 5.32. The van der Waals surface area contributed by atoms with Gasteiger partial charge in [-0.1, -0.05) is 6.07 Å². The summed E-state index contributed by atoms with van der Waals surface area (Å²) in [5.74, 6) is -0.709. The molecule has 2 aromatic carbocycles. The molecule has 0 aliphatic carbocycles. The summed E-state index contributed by atoms with van der Waals surface area (Å²) in [4.78, 5) is 39.1. The smallest absolute Gasteiger partial charge is 0.271 e. The van der Waals surface area contributed by atoms with Gasteiger partial charge in [0.15, 0.2) is 0 Å². The number of benzene rings is 2. The number of hydrogen-bond acceptors (Lipinski definition) is 6. The Bertz CT molecular complexity index is 975. The van der Waals surface area contributed by atoms with E-state index in [1.165, 1.54) is 36.4 Å². The van der Waals surface area contributed by atoms with Crippen molar-refractivity contribution in [1.29, 1.82) is 0 Å². The topological polar surface area (TPSA) is 108 Å². The quantitative estimate of drug-likeness (QED) is 0.480. The number of anilines is 2. The highest BCUT2D eigenvalue weighted by atomic mass is 19.1. The zero-order valence-electron chi connectivity index (χ0n) is 17.8. The highest BCUT2D eigenvalue weighted by Gasteiger charge is 2.20. The van der Waals surface area contributed by atoms with E-state index in [-0.39, 0.29) is 36.3 Å². The Morgan fingerprint density at radius 3 is 2.31 bits per heavy atom. The van der Waals surface area contributed by atoms with Crippen molar-refractivity contribution in [1.82, 2.24) is 9.80 Å². The standard InChI is InChI=1S/C22H26FN5O4/c1-16-2-7-19(28(31)32)14-20(16)25-21(29)8-9-26-10-12-27(13-11-26)15-22(30)24-18-5-3-17(23)4-6-18/h2-7,14H,8-13,15H2,1H3,(H,24,30)(H,25,29). The van der Waals surface area contributed by atoms with Gasteiger partial charge in [0.05, 0.1) is 17.2 Å². The lowest BCUT2D eigenvalue weighted by Crippen LogP contribution is -2.49. The molecule has 0 atom stereocenters. The summed E-state index contributed by atoms with van der Waals surface area (Å²) in [7, 11) is 0. The average Bonchev–Trinajstić information content (AvgIpc) is 2.76. The molecule has 9 nitrogen and oxygen atoms in total. The average molecular weight is 443 g/mol. The summed E-state index contributed by atoms with van der Waals surface area (Å²) in [6.45, 7) is 5.45. The summed E-state index contributed by atoms with van der Waals surface area (Å²) in [5.41, 5.74) is 1.70. The third kappa shape index (κ3) is 6.82. The number of piperazine rings is 1. The van der Waals surface area contributed by atoms with Crippen molar-refractivity contribution in [2.45, 2.75) is 13.3 Å². The number of non-ortho nitro benzene ring substituents is 1. The van der Waals surface area contributed by atoms with E-state index in [9.17, 15) is 24.1 Å². The van der Waals surface area contributed by atoms with Crippen molar-refractivity contribution >= 4 is 28.9 Å². The fourth-order valence-electron chi connectivity index (χ4n) is 3.44. The molecule has 2 amide bonds. The molecule has 0 radical (unpaired) electrons. The first-order valence-electron chi connectivity index (χ1n) is 10.3. The summed E-state index contributed by atoms with van der Waals surface area (Å²) in [6.07, 6.45) is 0.271. The van der Waals surface area contributed by atoms with Crippen LogP contribution in [0.3, 0.4) is 0 Å². The number of rotatable bonds is 8. The fraction of sp³-hybridized carbons (Fsp3) is 0.364. The minimum atomic E-state index is -0.492. The number of aryl methyl sites for hydroxylation is 1. The van der Waals surface area contributed by atoms with Gasteiger partial charge in [0.2, 0.25) is 11.8 Å². The maximum atomic E-state index is 12.9. The highest BCUT2D eigenvalue weighted by molar-refractivity contribution is 5.92. The molecule has 2 aromatic rings. The van der Waals surface area contributed by atoms with Crippen LogP contribution in [0.2, 0.25) is 0 Å². The molecule has 0 bridgehead atoms. The van der Waals surface area contributed by atoms with Crippen molar-refractivity contribution < 1.29 is 18.9 Å². The molecule has 1 aliphatic heterocycles. The van der Waals surface area contributed by atoms with E-state index in [4.69, 9.17) is 0 Å². The lowest BCUT2D eigenvalue weighted by atomic mass is 10.1. The Morgan fingerprint density at radius 1 is 1.00 bits per heavy atom. The van der Waals surface area contributed by atoms with Gasteiger partial charge in [-0.3, -0.25) is 24.6 Å². The van der Waals surface area contributed by atoms with Crippen LogP contribution in [0.15, 0.2) is 42.5 Å². The molecule has 0 saturated carbocycles. The van der Waals surface area contributed by atoms with Crippen LogP contribution in [0.1, 0.15) is 12.0 Å². The van der Waals surface area contributed by atoms with Crippen LogP contribution in [0, 0.1) is 22.9 Å². The van der Waals surface area contributed by atoms with Crippen LogP contribution in [-0.2, 0) is 9.59 Å². The van der Waals surface area contributed by atoms with Gasteiger partial charge < -0.3 is 15.5 Å². The van der Waals surface area contributed by atoms with Crippen LogP contribution in [0.25, 0.3) is 0 Å². The van der Waals surface area contributed by atoms with Crippen molar-refractivity contribution in [3.63, 3.8) is 0 Å². The Balaban J connectivity index is 1.38. The normalized spacial score (nSPS) is 14.7. The first kappa shape index (κ1) is 23.3. The van der Waals surface area contributed by atoms with Crippen molar-refractivity contribution in [3.8, 4) is 0 Å². The van der Waals surface area contributed by atoms with E-state index < -0.39 is 4.92 Å². The second-order valence-corrected chi connectivity index (χ2v) is 7.73. The maximum Gasteiger partial charge on any atom is 0.271 e. The van der Waals surface area contributed by atoms with E-state index in [2.05, 4.69) is 15.5 Å². The van der Waals surface area contributed by atoms with Gasteiger partial charge in [-0.15, -0.1) is 0 Å². The Morgan fingerprint density at radius 2 is 1.66 bits per heavy atom. The number of nitro benzene ring substituents is 1. The predicted molar refractivity (Wildman–Crippen MR) is 119 cm³/mol. The van der Waals surface area contributed by atoms with Crippen LogP contribution in [0.4, 0.5) is 21.5 Å². The summed E-state index contributed by atoms with van der Waals surface area (Å²) in [6, 6.07) is 10.0. The molecule has 1 heterocycles. The van der Waals surface area contributed by atoms with Gasteiger partial charge in [-0.05, 0) is 36.8 Å². The minimum Gasteiger partial charge on any atom is -0.326 e. The molecule has 1 saturated heterocycles. The SMILES string of the molecule is Cc1ccc([N+](=O)[O-])cc1NC(=O)CCN1CCN(CC(=O)Nc2ccc(F)cc2)CC1. The fourth-order valence-corrected chi connectivity index (χ4v) is 3.44. The zero-order chi connectivity index (χ0) is 23.1. The maximum absolute atomic E-state index is 12.9. The first-order valence-corrected chi connectivity index (χ1v) is 10.3. The first-order chi connectivity index (χ1) is 15.3. The Hall–Kier alpha value is -3.37. The Kier molecular flexibility index (Phi) is 7.85. The van der Waals surface area contributed by atoms with Gasteiger partial charge in [0.1, 0.15) is 5.82 Å². The monoisotopic (exact) mass is 443 g/mol. The summed E-state index contributed by atoms with van der Waals surface area (Å²) < 4.78 is 12.9. The number of nitro groups is 1. The molecule has 10 heteroatoms. The number of nitrogens with one attached hydrogen (secondary N) is 2. The molecular formula is C22H26FN5O4. The van der Waals surface area contributed by atoms with Crippen LogP contribution in [-0.4, -0.2) is 65.8 Å². The number of amides is 2. The van der Waals surface area contributed by atoms with Gasteiger partial charge >= 0.3 is 0 Å². The van der Waals surface area contributed by atoms with Gasteiger partial charge in [0.25, 0.3) is 5.69 Å². The molecule has 32 heavy (non-hydrogen) atoms. The largest absolute Gasteiger partial charge is 0.326 e. The number of hydrogen-bond donors (Lipinski definition) is 2. The second-order valence-electron chi connectivity index (χ2n) is 7.73. The van der Waals surface area contributed by atoms with Crippen molar-refractivity contribution in [2.75, 3.05) is 49.9 Å². The zero-order valence-corrected chi connectivity index (χ0v) is 17.8. The van der Waals surface area contributed by atoms with Gasteiger partial charge in [-0.25, -0.2) is 4.39 Å². The number of carbonyl (C=O) groups excluding carboxylic acids is 2. The lowest BCUT2D eigenvalue weighted by molar-refractivity contribution is -0.384. The number of halogens is 1. The van der Waals surface area contributed by atoms with E-state index in [0.717, 1.165) is 18.7 Å². The van der Waals surface area contributed by atoms with E-state index in [1.807, 2.05) is 4.90 Å². The van der Waals surface area contributed by atoms with Crippen molar-refractivity contribution in [3.05, 3.63) is 64.0 Å². The summed E-state index contributed by atoms with van der Waals surface area (Å²) in [5, 5.41) is 16.4. The van der Waals surface area contributed by atoms with Crippen LogP contribution >= 0.6 is 0 Å².